The summed E-state index contributed by atoms with van der Waals surface area (Å²) in [7, 11) is 0. The lowest BCUT2D eigenvalue weighted by molar-refractivity contribution is -0.144. The third kappa shape index (κ3) is 4.30. The number of ether oxygens (including phenoxy) is 2. The number of rotatable bonds is 6. The van der Waals surface area contributed by atoms with E-state index in [0.29, 0.717) is 20.5 Å². The van der Waals surface area contributed by atoms with Gasteiger partial charge in [0.15, 0.2) is 13.2 Å². The van der Waals surface area contributed by atoms with Gasteiger partial charge in [-0.25, -0.2) is 9.59 Å². The largest absolute Gasteiger partial charge is 0.482 e. The van der Waals surface area contributed by atoms with E-state index >= 15 is 0 Å². The summed E-state index contributed by atoms with van der Waals surface area (Å²) in [5.74, 6) is -0.676. The molecule has 0 aliphatic carbocycles. The van der Waals surface area contributed by atoms with Crippen LogP contribution in [0.3, 0.4) is 0 Å². The van der Waals surface area contributed by atoms with E-state index in [-0.39, 0.29) is 19.0 Å². The average Bonchev–Trinajstić information content (AvgIpc) is 3.04. The van der Waals surface area contributed by atoms with Gasteiger partial charge in [0.1, 0.15) is 11.3 Å². The highest BCUT2D eigenvalue weighted by Crippen LogP contribution is 2.23. The molecule has 0 amide bonds. The summed E-state index contributed by atoms with van der Waals surface area (Å²) in [5, 5.41) is 0.778. The van der Waals surface area contributed by atoms with Crippen LogP contribution in [0, 0.1) is 6.92 Å². The molecule has 0 bridgehead atoms. The van der Waals surface area contributed by atoms with Gasteiger partial charge in [0.05, 0.1) is 9.21 Å². The van der Waals surface area contributed by atoms with Crippen LogP contribution < -0.4 is 10.4 Å². The van der Waals surface area contributed by atoms with E-state index in [0.717, 1.165) is 22.3 Å². The standard InChI is InChI=1S/C18H13ClO6S/c1-10-6-17(21)25-14-7-11(2-3-12(10)14)23-9-18(22)24-8-13(20)15-4-5-16(19)26-15/h2-7H,8-9H2,1H3. The second kappa shape index (κ2) is 7.72. The number of halogens is 1. The second-order valence-electron chi connectivity index (χ2n) is 5.38. The zero-order valence-corrected chi connectivity index (χ0v) is 15.2. The number of aryl methyl sites for hydroxylation is 1. The van der Waals surface area contributed by atoms with Crippen molar-refractivity contribution in [2.75, 3.05) is 13.2 Å². The number of esters is 1. The summed E-state index contributed by atoms with van der Waals surface area (Å²) in [6.07, 6.45) is 0. The van der Waals surface area contributed by atoms with Gasteiger partial charge in [-0.2, -0.15) is 0 Å². The lowest BCUT2D eigenvalue weighted by atomic mass is 10.1. The molecule has 0 aliphatic heterocycles. The van der Waals surface area contributed by atoms with E-state index in [1.54, 1.807) is 31.2 Å². The highest BCUT2D eigenvalue weighted by atomic mass is 35.5. The molecule has 0 saturated heterocycles. The molecule has 0 saturated carbocycles. The molecule has 2 aromatic heterocycles. The third-order valence-electron chi connectivity index (χ3n) is 3.49. The maximum Gasteiger partial charge on any atom is 0.344 e. The Morgan fingerprint density at radius 3 is 2.69 bits per heavy atom. The minimum atomic E-state index is -0.688. The predicted octanol–water partition coefficient (Wildman–Crippen LogP) is 3.62. The molecule has 0 unspecified atom stereocenters. The number of carbonyl (C=O) groups is 2. The Balaban J connectivity index is 1.56. The van der Waals surface area contributed by atoms with Gasteiger partial charge in [-0.3, -0.25) is 4.79 Å². The van der Waals surface area contributed by atoms with Crippen molar-refractivity contribution in [3.63, 3.8) is 0 Å². The van der Waals surface area contributed by atoms with E-state index in [1.807, 2.05) is 0 Å². The summed E-state index contributed by atoms with van der Waals surface area (Å²) in [6.45, 7) is 1.04. The Morgan fingerprint density at radius 2 is 1.96 bits per heavy atom. The van der Waals surface area contributed by atoms with Gasteiger partial charge in [0, 0.05) is 17.5 Å². The molecular formula is C18H13ClO6S. The number of thiophene rings is 1. The maximum absolute atomic E-state index is 11.8. The van der Waals surface area contributed by atoms with Crippen LogP contribution in [0.2, 0.25) is 4.34 Å². The number of fused-ring (bicyclic) bond motifs is 1. The van der Waals surface area contributed by atoms with Crippen molar-refractivity contribution >= 4 is 45.7 Å². The number of Topliss-reactive ketones (excluding diaryl/α,β-unsaturated/α-hetero) is 1. The Kier molecular flexibility index (Phi) is 5.39. The first-order valence-electron chi connectivity index (χ1n) is 7.54. The van der Waals surface area contributed by atoms with Gasteiger partial charge >= 0.3 is 11.6 Å². The number of hydrogen-bond acceptors (Lipinski definition) is 7. The maximum atomic E-state index is 11.8. The fraction of sp³-hybridized carbons (Fsp3) is 0.167. The summed E-state index contributed by atoms with van der Waals surface area (Å²) >= 11 is 6.88. The minimum Gasteiger partial charge on any atom is -0.482 e. The molecule has 0 N–H and O–H groups in total. The van der Waals surface area contributed by atoms with Gasteiger partial charge < -0.3 is 13.9 Å². The van der Waals surface area contributed by atoms with E-state index in [2.05, 4.69) is 0 Å². The SMILES string of the molecule is Cc1cc(=O)oc2cc(OCC(=O)OCC(=O)c3ccc(Cl)s3)ccc12. The molecule has 134 valence electrons. The van der Waals surface area contributed by atoms with Crippen LogP contribution in [-0.4, -0.2) is 25.0 Å². The lowest BCUT2D eigenvalue weighted by Crippen LogP contribution is -2.19. The fourth-order valence-electron chi connectivity index (χ4n) is 2.26. The molecular weight excluding hydrogens is 380 g/mol. The Labute approximate surface area is 156 Å². The van der Waals surface area contributed by atoms with Crippen molar-refractivity contribution < 1.29 is 23.5 Å². The van der Waals surface area contributed by atoms with Crippen LogP contribution in [0.4, 0.5) is 0 Å². The molecule has 8 heteroatoms. The highest BCUT2D eigenvalue weighted by molar-refractivity contribution is 7.18. The molecule has 3 rings (SSSR count). The summed E-state index contributed by atoms with van der Waals surface area (Å²) in [4.78, 5) is 35.4. The van der Waals surface area contributed by atoms with Gasteiger partial charge in [0.2, 0.25) is 5.78 Å². The Bertz CT molecular complexity index is 1040. The van der Waals surface area contributed by atoms with E-state index in [9.17, 15) is 14.4 Å². The normalized spacial score (nSPS) is 10.7. The molecule has 0 aliphatic rings. The topological polar surface area (TPSA) is 82.8 Å². The predicted molar refractivity (Wildman–Crippen MR) is 97.3 cm³/mol. The number of carbonyl (C=O) groups excluding carboxylic acids is 2. The second-order valence-corrected chi connectivity index (χ2v) is 7.10. The van der Waals surface area contributed by atoms with Gasteiger partial charge in [-0.05, 0) is 36.8 Å². The molecule has 6 nitrogen and oxygen atoms in total. The van der Waals surface area contributed by atoms with Gasteiger partial charge in [-0.15, -0.1) is 11.3 Å². The van der Waals surface area contributed by atoms with Crippen molar-refractivity contribution in [1.29, 1.82) is 0 Å². The molecule has 0 spiro atoms. The highest BCUT2D eigenvalue weighted by Gasteiger charge is 2.13. The van der Waals surface area contributed by atoms with E-state index in [4.69, 9.17) is 25.5 Å². The van der Waals surface area contributed by atoms with Crippen molar-refractivity contribution in [1.82, 2.24) is 0 Å². The number of ketones is 1. The van der Waals surface area contributed by atoms with Crippen LogP contribution in [0.1, 0.15) is 15.2 Å². The molecule has 0 radical (unpaired) electrons. The van der Waals surface area contributed by atoms with E-state index in [1.165, 1.54) is 12.1 Å². The summed E-state index contributed by atoms with van der Waals surface area (Å²) < 4.78 is 15.8. The van der Waals surface area contributed by atoms with E-state index < -0.39 is 11.6 Å². The zero-order valence-electron chi connectivity index (χ0n) is 13.6. The molecule has 26 heavy (non-hydrogen) atoms. The molecule has 0 atom stereocenters. The van der Waals surface area contributed by atoms with Crippen molar-refractivity contribution in [3.8, 4) is 5.75 Å². The zero-order chi connectivity index (χ0) is 18.7. The first kappa shape index (κ1) is 18.2. The van der Waals surface area contributed by atoms with Crippen molar-refractivity contribution in [2.24, 2.45) is 0 Å². The van der Waals surface area contributed by atoms with Crippen LogP contribution in [-0.2, 0) is 9.53 Å². The fourth-order valence-corrected chi connectivity index (χ4v) is 3.23. The number of hydrogen-bond donors (Lipinski definition) is 0. The van der Waals surface area contributed by atoms with Crippen molar-refractivity contribution in [2.45, 2.75) is 6.92 Å². The smallest absolute Gasteiger partial charge is 0.344 e. The quantitative estimate of drug-likeness (QED) is 0.362. The van der Waals surface area contributed by atoms with Gasteiger partial charge in [0.25, 0.3) is 0 Å². The third-order valence-corrected chi connectivity index (χ3v) is 4.76. The molecule has 2 heterocycles. The summed E-state index contributed by atoms with van der Waals surface area (Å²) in [6, 6.07) is 9.49. The summed E-state index contributed by atoms with van der Waals surface area (Å²) in [5.41, 5.74) is 0.693. The average molecular weight is 393 g/mol. The molecule has 0 fully saturated rings. The first-order chi connectivity index (χ1) is 12.4. The van der Waals surface area contributed by atoms with Crippen molar-refractivity contribution in [3.05, 3.63) is 61.6 Å². The number of benzene rings is 1. The monoisotopic (exact) mass is 392 g/mol. The Morgan fingerprint density at radius 1 is 1.15 bits per heavy atom. The van der Waals surface area contributed by atoms with Crippen LogP contribution in [0.15, 0.2) is 45.6 Å². The molecule has 1 aromatic carbocycles. The molecule has 3 aromatic rings. The van der Waals surface area contributed by atoms with Gasteiger partial charge in [-0.1, -0.05) is 11.6 Å². The lowest BCUT2D eigenvalue weighted by Gasteiger charge is -2.07. The van der Waals surface area contributed by atoms with Crippen LogP contribution in [0.25, 0.3) is 11.0 Å². The van der Waals surface area contributed by atoms with Crippen LogP contribution >= 0.6 is 22.9 Å². The van der Waals surface area contributed by atoms with Crippen LogP contribution in [0.5, 0.6) is 5.75 Å². The Hall–Kier alpha value is -2.64. The minimum absolute atomic E-state index is 0.335. The first-order valence-corrected chi connectivity index (χ1v) is 8.73.